The van der Waals surface area contributed by atoms with Gasteiger partial charge in [0.2, 0.25) is 0 Å². The summed E-state index contributed by atoms with van der Waals surface area (Å²) in [7, 11) is 0. The SMILES string of the molecule is C=C(C)C(=O)Oc1ccc(C(=O)/C=C/c2ccc(OC(=O)/C=C/C)c(OC(=O)/C=C/C)c2)cc1. The molecule has 0 spiro atoms. The Labute approximate surface area is 197 Å². The molecule has 2 aromatic rings. The van der Waals surface area contributed by atoms with Crippen LogP contribution >= 0.6 is 0 Å². The second kappa shape index (κ2) is 12.5. The first kappa shape index (κ1) is 25.7. The molecular weight excluding hydrogens is 436 g/mol. The minimum Gasteiger partial charge on any atom is -0.423 e. The number of benzene rings is 2. The summed E-state index contributed by atoms with van der Waals surface area (Å²) in [6.45, 7) is 8.38. The van der Waals surface area contributed by atoms with Crippen molar-refractivity contribution in [3.05, 3.63) is 96.1 Å². The lowest BCUT2D eigenvalue weighted by molar-refractivity contribution is -0.131. The van der Waals surface area contributed by atoms with Gasteiger partial charge in [0.1, 0.15) is 5.75 Å². The van der Waals surface area contributed by atoms with Crippen LogP contribution in [0.1, 0.15) is 36.7 Å². The van der Waals surface area contributed by atoms with Crippen LogP contribution < -0.4 is 14.2 Å². The van der Waals surface area contributed by atoms with E-state index in [2.05, 4.69) is 6.58 Å². The van der Waals surface area contributed by atoms with Crippen molar-refractivity contribution < 1.29 is 33.4 Å². The molecule has 7 nitrogen and oxygen atoms in total. The average Bonchev–Trinajstić information content (AvgIpc) is 2.79. The van der Waals surface area contributed by atoms with E-state index in [1.54, 1.807) is 19.9 Å². The van der Waals surface area contributed by atoms with E-state index < -0.39 is 17.9 Å². The standard InChI is InChI=1S/C27H24O7/c1-5-7-25(29)33-23-16-10-19(17-24(23)34-26(30)8-6-2)9-15-22(28)20-11-13-21(14-12-20)32-27(31)18(3)4/h5-17H,3H2,1-2,4H3/b7-5+,8-6+,15-9+. The minimum atomic E-state index is -0.643. The van der Waals surface area contributed by atoms with Gasteiger partial charge in [-0.15, -0.1) is 0 Å². The second-order valence-corrected chi connectivity index (χ2v) is 6.94. The summed E-state index contributed by atoms with van der Waals surface area (Å²) >= 11 is 0. The summed E-state index contributed by atoms with van der Waals surface area (Å²) in [5.41, 5.74) is 1.18. The van der Waals surface area contributed by atoms with Crippen molar-refractivity contribution in [1.29, 1.82) is 0 Å². The first-order valence-corrected chi connectivity index (χ1v) is 10.3. The van der Waals surface area contributed by atoms with Crippen LogP contribution in [0.25, 0.3) is 6.08 Å². The molecule has 0 N–H and O–H groups in total. The highest BCUT2D eigenvalue weighted by molar-refractivity contribution is 6.07. The smallest absolute Gasteiger partial charge is 0.338 e. The molecule has 0 saturated carbocycles. The van der Waals surface area contributed by atoms with E-state index >= 15 is 0 Å². The molecule has 0 aliphatic heterocycles. The highest BCUT2D eigenvalue weighted by Gasteiger charge is 2.13. The molecule has 2 rings (SSSR count). The Morgan fingerprint density at radius 1 is 0.765 bits per heavy atom. The first-order chi connectivity index (χ1) is 16.2. The third kappa shape index (κ3) is 7.87. The number of hydrogen-bond donors (Lipinski definition) is 0. The summed E-state index contributed by atoms with van der Waals surface area (Å²) < 4.78 is 15.6. The fourth-order valence-electron chi connectivity index (χ4n) is 2.50. The largest absolute Gasteiger partial charge is 0.423 e. The summed E-state index contributed by atoms with van der Waals surface area (Å²) in [5, 5.41) is 0. The van der Waals surface area contributed by atoms with Gasteiger partial charge in [0.05, 0.1) is 0 Å². The lowest BCUT2D eigenvalue weighted by atomic mass is 10.1. The summed E-state index contributed by atoms with van der Waals surface area (Å²) in [6, 6.07) is 10.6. The molecule has 0 aliphatic rings. The Morgan fingerprint density at radius 2 is 1.35 bits per heavy atom. The number of ketones is 1. The molecule has 0 amide bonds. The van der Waals surface area contributed by atoms with E-state index in [0.29, 0.717) is 16.9 Å². The number of carbonyl (C=O) groups is 4. The van der Waals surface area contributed by atoms with E-state index in [4.69, 9.17) is 14.2 Å². The van der Waals surface area contributed by atoms with E-state index in [9.17, 15) is 19.2 Å². The summed E-state index contributed by atoms with van der Waals surface area (Å²) in [6.07, 6.45) is 8.36. The Hall–Kier alpha value is -4.52. The maximum atomic E-state index is 12.5. The van der Waals surface area contributed by atoms with Crippen molar-refractivity contribution in [1.82, 2.24) is 0 Å². The topological polar surface area (TPSA) is 96.0 Å². The Balaban J connectivity index is 2.20. The Morgan fingerprint density at radius 3 is 1.91 bits per heavy atom. The zero-order valence-electron chi connectivity index (χ0n) is 19.1. The van der Waals surface area contributed by atoms with Gasteiger partial charge >= 0.3 is 17.9 Å². The van der Waals surface area contributed by atoms with Gasteiger partial charge in [0, 0.05) is 23.3 Å². The van der Waals surface area contributed by atoms with Crippen molar-refractivity contribution in [2.75, 3.05) is 0 Å². The fourth-order valence-corrected chi connectivity index (χ4v) is 2.50. The van der Waals surface area contributed by atoms with E-state index in [1.165, 1.54) is 79.8 Å². The Kier molecular flexibility index (Phi) is 9.46. The molecule has 2 aromatic carbocycles. The van der Waals surface area contributed by atoms with Gasteiger partial charge in [0.15, 0.2) is 17.3 Å². The third-order valence-corrected chi connectivity index (χ3v) is 4.12. The van der Waals surface area contributed by atoms with Gasteiger partial charge in [-0.1, -0.05) is 30.9 Å². The number of rotatable bonds is 9. The molecule has 34 heavy (non-hydrogen) atoms. The van der Waals surface area contributed by atoms with Crippen LogP contribution in [0.15, 0.2) is 85.0 Å². The van der Waals surface area contributed by atoms with Crippen molar-refractivity contribution in [3.8, 4) is 17.2 Å². The monoisotopic (exact) mass is 460 g/mol. The normalized spacial score (nSPS) is 11.0. The summed E-state index contributed by atoms with van der Waals surface area (Å²) in [5.74, 6) is -1.73. The van der Waals surface area contributed by atoms with Gasteiger partial charge in [-0.2, -0.15) is 0 Å². The molecule has 174 valence electrons. The molecule has 0 aromatic heterocycles. The van der Waals surface area contributed by atoms with E-state index in [1.807, 2.05) is 0 Å². The number of esters is 3. The third-order valence-electron chi connectivity index (χ3n) is 4.12. The van der Waals surface area contributed by atoms with Crippen molar-refractivity contribution in [2.45, 2.75) is 20.8 Å². The van der Waals surface area contributed by atoms with Gasteiger partial charge < -0.3 is 14.2 Å². The molecule has 0 heterocycles. The van der Waals surface area contributed by atoms with Crippen LogP contribution in [0, 0.1) is 0 Å². The second-order valence-electron chi connectivity index (χ2n) is 6.94. The lowest BCUT2D eigenvalue weighted by Gasteiger charge is -2.09. The van der Waals surface area contributed by atoms with Crippen LogP contribution in [0.3, 0.4) is 0 Å². The maximum Gasteiger partial charge on any atom is 0.338 e. The predicted molar refractivity (Wildman–Crippen MR) is 128 cm³/mol. The predicted octanol–water partition coefficient (Wildman–Crippen LogP) is 5.03. The van der Waals surface area contributed by atoms with Crippen LogP contribution in [0.5, 0.6) is 17.2 Å². The molecule has 0 bridgehead atoms. The van der Waals surface area contributed by atoms with E-state index in [0.717, 1.165) is 0 Å². The molecule has 0 atom stereocenters. The van der Waals surface area contributed by atoms with Crippen LogP contribution in [0.2, 0.25) is 0 Å². The molecule has 0 fully saturated rings. The molecule has 0 saturated heterocycles. The average molecular weight is 460 g/mol. The number of carbonyl (C=O) groups excluding carboxylic acids is 4. The lowest BCUT2D eigenvalue weighted by Crippen LogP contribution is -2.09. The fraction of sp³-hybridized carbons (Fsp3) is 0.111. The number of hydrogen-bond acceptors (Lipinski definition) is 7. The Bertz CT molecular complexity index is 1180. The van der Waals surface area contributed by atoms with Crippen LogP contribution in [-0.4, -0.2) is 23.7 Å². The zero-order chi connectivity index (χ0) is 25.1. The molecule has 0 aliphatic carbocycles. The van der Waals surface area contributed by atoms with Gasteiger partial charge in [-0.3, -0.25) is 4.79 Å². The molecule has 0 unspecified atom stereocenters. The molecule has 7 heteroatoms. The van der Waals surface area contributed by atoms with Gasteiger partial charge in [-0.05, 0) is 68.8 Å². The summed E-state index contributed by atoms with van der Waals surface area (Å²) in [4.78, 5) is 47.8. The minimum absolute atomic E-state index is 0.0271. The molecule has 0 radical (unpaired) electrons. The number of allylic oxidation sites excluding steroid dienone is 3. The van der Waals surface area contributed by atoms with Crippen LogP contribution in [0.4, 0.5) is 0 Å². The quantitative estimate of drug-likeness (QED) is 0.224. The van der Waals surface area contributed by atoms with Crippen molar-refractivity contribution in [2.24, 2.45) is 0 Å². The highest BCUT2D eigenvalue weighted by Crippen LogP contribution is 2.29. The van der Waals surface area contributed by atoms with Crippen LogP contribution in [-0.2, 0) is 14.4 Å². The number of ether oxygens (including phenoxy) is 3. The van der Waals surface area contributed by atoms with Gasteiger partial charge in [-0.25, -0.2) is 14.4 Å². The van der Waals surface area contributed by atoms with E-state index in [-0.39, 0.29) is 22.9 Å². The van der Waals surface area contributed by atoms with Crippen molar-refractivity contribution >= 4 is 29.8 Å². The van der Waals surface area contributed by atoms with Gasteiger partial charge in [0.25, 0.3) is 0 Å². The maximum absolute atomic E-state index is 12.5. The molecular formula is C27H24O7. The first-order valence-electron chi connectivity index (χ1n) is 10.3. The highest BCUT2D eigenvalue weighted by atomic mass is 16.6. The van der Waals surface area contributed by atoms with Crippen molar-refractivity contribution in [3.63, 3.8) is 0 Å². The zero-order valence-corrected chi connectivity index (χ0v) is 19.1.